The van der Waals surface area contributed by atoms with Crippen LogP contribution in [0.15, 0.2) is 48.7 Å². The number of aromatic amines is 2. The van der Waals surface area contributed by atoms with Gasteiger partial charge in [0.05, 0.1) is 35.0 Å². The van der Waals surface area contributed by atoms with Crippen molar-refractivity contribution in [2.75, 3.05) is 13.1 Å². The van der Waals surface area contributed by atoms with Gasteiger partial charge in [0.15, 0.2) is 0 Å². The number of fused-ring (bicyclic) bond motifs is 1. The summed E-state index contributed by atoms with van der Waals surface area (Å²) in [4.78, 5) is 46.2. The van der Waals surface area contributed by atoms with E-state index in [4.69, 9.17) is 4.98 Å². The second kappa shape index (κ2) is 13.6. The molecule has 2 N–H and O–H groups in total. The Bertz CT molecular complexity index is 1620. The smallest absolute Gasteiger partial charge is 0.223 e. The van der Waals surface area contributed by atoms with E-state index in [0.29, 0.717) is 24.7 Å². The first-order chi connectivity index (χ1) is 21.7. The number of carbonyl (C=O) groups is 2. The van der Waals surface area contributed by atoms with Crippen LogP contribution in [0.4, 0.5) is 0 Å². The van der Waals surface area contributed by atoms with Crippen molar-refractivity contribution in [2.24, 2.45) is 11.8 Å². The largest absolute Gasteiger partial charge is 0.340 e. The average molecular weight is 609 g/mol. The molecule has 2 aliphatic rings. The Morgan fingerprint density at radius 2 is 1.40 bits per heavy atom. The molecule has 2 aromatic carbocycles. The van der Waals surface area contributed by atoms with Gasteiger partial charge in [-0.2, -0.15) is 0 Å². The van der Waals surface area contributed by atoms with Crippen LogP contribution in [0.2, 0.25) is 0 Å². The number of H-pyrrole nitrogens is 2. The molecule has 238 valence electrons. The molecule has 6 rings (SSSR count). The zero-order valence-corrected chi connectivity index (χ0v) is 27.3. The van der Waals surface area contributed by atoms with E-state index in [0.717, 1.165) is 92.0 Å². The number of benzene rings is 2. The maximum absolute atomic E-state index is 12.8. The number of imidazole rings is 2. The van der Waals surface area contributed by atoms with Crippen molar-refractivity contribution >= 4 is 22.8 Å². The predicted octanol–water partition coefficient (Wildman–Crippen LogP) is 7.55. The number of hydrogen-bond acceptors (Lipinski definition) is 4. The maximum Gasteiger partial charge on any atom is 0.223 e. The number of carbonyl (C=O) groups excluding carboxylic acids is 2. The molecule has 2 aliphatic heterocycles. The third-order valence-corrected chi connectivity index (χ3v) is 9.30. The Morgan fingerprint density at radius 1 is 0.800 bits per heavy atom. The first kappa shape index (κ1) is 31.1. The number of rotatable bonds is 11. The molecule has 4 aromatic rings. The summed E-state index contributed by atoms with van der Waals surface area (Å²) in [6.45, 7) is 10.0. The Hall–Kier alpha value is -3.94. The lowest BCUT2D eigenvalue weighted by Crippen LogP contribution is -2.31. The molecule has 2 amide bonds. The highest BCUT2D eigenvalue weighted by atomic mass is 16.2. The molecule has 45 heavy (non-hydrogen) atoms. The Morgan fingerprint density at radius 3 is 2.04 bits per heavy atom. The van der Waals surface area contributed by atoms with Gasteiger partial charge in [0.2, 0.25) is 11.8 Å². The topological polar surface area (TPSA) is 98.0 Å². The summed E-state index contributed by atoms with van der Waals surface area (Å²) in [5, 5.41) is 0. The lowest BCUT2D eigenvalue weighted by molar-refractivity contribution is -0.133. The van der Waals surface area contributed by atoms with E-state index in [1.54, 1.807) is 0 Å². The van der Waals surface area contributed by atoms with Gasteiger partial charge in [0.25, 0.3) is 0 Å². The molecule has 0 spiro atoms. The number of aromatic nitrogens is 4. The highest BCUT2D eigenvalue weighted by Crippen LogP contribution is 2.34. The molecule has 2 atom stereocenters. The van der Waals surface area contributed by atoms with Gasteiger partial charge in [-0.15, -0.1) is 0 Å². The van der Waals surface area contributed by atoms with Crippen LogP contribution in [0, 0.1) is 11.8 Å². The van der Waals surface area contributed by atoms with Crippen LogP contribution in [0.5, 0.6) is 0 Å². The number of amides is 2. The minimum atomic E-state index is 0.0492. The standard InChI is InChI=1S/C37H48N6O2/c1-24(2)20-34(44)42-18-6-10-32(42)36-38-23-31(41-36)28-15-12-26(13-16-28)8-5-9-27-14-17-29-30(22-27)40-37(39-29)33-11-7-19-43(33)35(45)21-25(3)4/h12-17,22-25,32-33H,5-11,18-21H2,1-4H3,(H,38,41)(H,39,40)/t32-,33-/m0/s1. The summed E-state index contributed by atoms with van der Waals surface area (Å²) in [6.07, 6.45) is 10.1. The Balaban J connectivity index is 1.03. The number of aryl methyl sites for hydroxylation is 2. The molecule has 0 saturated carbocycles. The van der Waals surface area contributed by atoms with Crippen LogP contribution in [0.1, 0.15) is 108 Å². The third-order valence-electron chi connectivity index (χ3n) is 9.30. The zero-order chi connectivity index (χ0) is 31.5. The lowest BCUT2D eigenvalue weighted by atomic mass is 10.0. The second-order valence-corrected chi connectivity index (χ2v) is 13.9. The van der Waals surface area contributed by atoms with Gasteiger partial charge >= 0.3 is 0 Å². The fourth-order valence-corrected chi connectivity index (χ4v) is 7.02. The van der Waals surface area contributed by atoms with Gasteiger partial charge in [0.1, 0.15) is 11.6 Å². The molecule has 0 aliphatic carbocycles. The molecular weight excluding hydrogens is 560 g/mol. The number of nitrogens with one attached hydrogen (secondary N) is 2. The van der Waals surface area contributed by atoms with Crippen molar-refractivity contribution in [2.45, 2.75) is 97.6 Å². The Kier molecular flexibility index (Phi) is 9.38. The van der Waals surface area contributed by atoms with Crippen molar-refractivity contribution in [1.29, 1.82) is 0 Å². The summed E-state index contributed by atoms with van der Waals surface area (Å²) >= 11 is 0. The number of nitrogens with zero attached hydrogens (tertiary/aromatic N) is 4. The third kappa shape index (κ3) is 7.15. The van der Waals surface area contributed by atoms with Crippen LogP contribution >= 0.6 is 0 Å². The van der Waals surface area contributed by atoms with Gasteiger partial charge in [-0.25, -0.2) is 9.97 Å². The van der Waals surface area contributed by atoms with Crippen LogP contribution in [-0.2, 0) is 22.4 Å². The normalized spacial score (nSPS) is 18.6. The quantitative estimate of drug-likeness (QED) is 0.184. The van der Waals surface area contributed by atoms with E-state index < -0.39 is 0 Å². The molecular formula is C37H48N6O2. The minimum Gasteiger partial charge on any atom is -0.340 e. The van der Waals surface area contributed by atoms with Crippen molar-refractivity contribution in [1.82, 2.24) is 29.7 Å². The van der Waals surface area contributed by atoms with Crippen LogP contribution < -0.4 is 0 Å². The minimum absolute atomic E-state index is 0.0492. The first-order valence-corrected chi connectivity index (χ1v) is 17.0. The summed E-state index contributed by atoms with van der Waals surface area (Å²) in [5.41, 5.74) is 6.75. The summed E-state index contributed by atoms with van der Waals surface area (Å²) in [7, 11) is 0. The zero-order valence-electron chi connectivity index (χ0n) is 27.3. The monoisotopic (exact) mass is 608 g/mol. The van der Waals surface area contributed by atoms with Gasteiger partial charge in [0, 0.05) is 25.9 Å². The number of hydrogen-bond donors (Lipinski definition) is 2. The lowest BCUT2D eigenvalue weighted by Gasteiger charge is -2.24. The molecule has 8 nitrogen and oxygen atoms in total. The van der Waals surface area contributed by atoms with Crippen molar-refractivity contribution < 1.29 is 9.59 Å². The average Bonchev–Trinajstić information content (AvgIpc) is 3.82. The fraction of sp³-hybridized carbons (Fsp3) is 0.514. The summed E-state index contributed by atoms with van der Waals surface area (Å²) in [5.74, 6) is 3.00. The van der Waals surface area contributed by atoms with Crippen LogP contribution in [0.3, 0.4) is 0 Å². The van der Waals surface area contributed by atoms with Crippen LogP contribution in [-0.4, -0.2) is 54.6 Å². The fourth-order valence-electron chi connectivity index (χ4n) is 7.02. The molecule has 0 unspecified atom stereocenters. The van der Waals surface area contributed by atoms with E-state index in [2.05, 4.69) is 85.1 Å². The summed E-state index contributed by atoms with van der Waals surface area (Å²) < 4.78 is 0. The van der Waals surface area contributed by atoms with Gasteiger partial charge < -0.3 is 19.8 Å². The van der Waals surface area contributed by atoms with Gasteiger partial charge in [-0.05, 0) is 85.6 Å². The van der Waals surface area contributed by atoms with Crippen molar-refractivity contribution in [3.05, 3.63) is 71.4 Å². The van der Waals surface area contributed by atoms with Crippen molar-refractivity contribution in [3.8, 4) is 11.3 Å². The van der Waals surface area contributed by atoms with E-state index in [9.17, 15) is 9.59 Å². The van der Waals surface area contributed by atoms with Gasteiger partial charge in [-0.1, -0.05) is 58.0 Å². The SMILES string of the molecule is CC(C)CC(=O)N1CCC[C@H]1c1ncc(-c2ccc(CCCc3ccc4nc([C@@H]5CCCN5C(=O)CC(C)C)[nH]c4c3)cc2)[nH]1. The molecule has 8 heteroatoms. The van der Waals surface area contributed by atoms with E-state index in [1.165, 1.54) is 11.1 Å². The second-order valence-electron chi connectivity index (χ2n) is 13.9. The number of likely N-dealkylation sites (tertiary alicyclic amines) is 2. The highest BCUT2D eigenvalue weighted by molar-refractivity contribution is 5.79. The summed E-state index contributed by atoms with van der Waals surface area (Å²) in [6, 6.07) is 15.4. The molecule has 2 fully saturated rings. The molecule has 2 aromatic heterocycles. The highest BCUT2D eigenvalue weighted by Gasteiger charge is 2.33. The van der Waals surface area contributed by atoms with Gasteiger partial charge in [-0.3, -0.25) is 9.59 Å². The Labute approximate surface area is 267 Å². The van der Waals surface area contributed by atoms with E-state index in [1.807, 2.05) is 16.0 Å². The molecule has 4 heterocycles. The maximum atomic E-state index is 12.8. The first-order valence-electron chi connectivity index (χ1n) is 17.0. The molecule has 0 bridgehead atoms. The van der Waals surface area contributed by atoms with Crippen molar-refractivity contribution in [3.63, 3.8) is 0 Å². The van der Waals surface area contributed by atoms with E-state index in [-0.39, 0.29) is 23.9 Å². The van der Waals surface area contributed by atoms with E-state index >= 15 is 0 Å². The van der Waals surface area contributed by atoms with Crippen LogP contribution in [0.25, 0.3) is 22.3 Å². The molecule has 0 radical (unpaired) electrons. The molecule has 2 saturated heterocycles. The predicted molar refractivity (Wildman–Crippen MR) is 178 cm³/mol.